The van der Waals surface area contributed by atoms with Crippen molar-refractivity contribution in [3.63, 3.8) is 0 Å². The first-order chi connectivity index (χ1) is 11.6. The molecule has 1 aromatic heterocycles. The molecule has 8 heteroatoms. The monoisotopic (exact) mass is 330 g/mol. The summed E-state index contributed by atoms with van der Waals surface area (Å²) < 4.78 is 11.7. The zero-order valence-corrected chi connectivity index (χ0v) is 13.3. The second kappa shape index (κ2) is 7.97. The number of primary amides is 1. The predicted molar refractivity (Wildman–Crippen MR) is 85.2 cm³/mol. The molecule has 0 atom stereocenters. The molecule has 0 aliphatic carbocycles. The number of fused-ring (bicyclic) bond motifs is 1. The molecule has 2 N–H and O–H groups in total. The van der Waals surface area contributed by atoms with Gasteiger partial charge in [0.05, 0.1) is 12.1 Å². The Hall–Kier alpha value is -3.08. The molecule has 24 heavy (non-hydrogen) atoms. The summed E-state index contributed by atoms with van der Waals surface area (Å²) in [4.78, 5) is 23.4. The van der Waals surface area contributed by atoms with Gasteiger partial charge in [0.1, 0.15) is 18.4 Å². The van der Waals surface area contributed by atoms with Gasteiger partial charge < -0.3 is 15.2 Å². The van der Waals surface area contributed by atoms with Crippen LogP contribution in [-0.2, 0) is 16.1 Å². The normalized spacial score (nSPS) is 10.3. The van der Waals surface area contributed by atoms with Gasteiger partial charge in [-0.05, 0) is 18.6 Å². The van der Waals surface area contributed by atoms with Crippen molar-refractivity contribution >= 4 is 22.8 Å². The third-order valence-corrected chi connectivity index (χ3v) is 3.30. The Labute approximate surface area is 138 Å². The van der Waals surface area contributed by atoms with Crippen LogP contribution in [0.15, 0.2) is 18.2 Å². The van der Waals surface area contributed by atoms with Crippen LogP contribution in [0.5, 0.6) is 5.75 Å². The molecule has 8 nitrogen and oxygen atoms in total. The number of unbranched alkanes of at least 4 members (excludes halogenated alkanes) is 1. The predicted octanol–water partition coefficient (Wildman–Crippen LogP) is 1.38. The molecular weight excluding hydrogens is 312 g/mol. The molecule has 0 spiro atoms. The Morgan fingerprint density at radius 1 is 1.42 bits per heavy atom. The zero-order valence-electron chi connectivity index (χ0n) is 13.3. The van der Waals surface area contributed by atoms with Gasteiger partial charge in [0, 0.05) is 11.5 Å². The van der Waals surface area contributed by atoms with Crippen molar-refractivity contribution in [3.05, 3.63) is 23.9 Å². The highest BCUT2D eigenvalue weighted by Gasteiger charge is 2.17. The molecule has 0 radical (unpaired) electrons. The Kier molecular flexibility index (Phi) is 5.73. The molecule has 1 aromatic carbocycles. The Morgan fingerprint density at radius 2 is 2.21 bits per heavy atom. The van der Waals surface area contributed by atoms with Crippen molar-refractivity contribution in [1.82, 2.24) is 9.78 Å². The molecular formula is C16H18N4O4. The van der Waals surface area contributed by atoms with Gasteiger partial charge in [-0.1, -0.05) is 13.3 Å². The van der Waals surface area contributed by atoms with Gasteiger partial charge in [-0.3, -0.25) is 14.3 Å². The van der Waals surface area contributed by atoms with Crippen LogP contribution in [-0.4, -0.2) is 34.9 Å². The van der Waals surface area contributed by atoms with Crippen molar-refractivity contribution < 1.29 is 19.1 Å². The highest BCUT2D eigenvalue weighted by molar-refractivity contribution is 6.04. The number of aromatic nitrogens is 2. The van der Waals surface area contributed by atoms with Crippen LogP contribution < -0.4 is 10.5 Å². The molecule has 0 aliphatic rings. The first-order valence-electron chi connectivity index (χ1n) is 7.52. The fourth-order valence-corrected chi connectivity index (χ4v) is 2.16. The number of carbonyl (C=O) groups is 2. The molecule has 0 bridgehead atoms. The van der Waals surface area contributed by atoms with Crippen LogP contribution in [0.25, 0.3) is 10.9 Å². The van der Waals surface area contributed by atoms with E-state index in [1.807, 2.05) is 13.0 Å². The third kappa shape index (κ3) is 4.01. The van der Waals surface area contributed by atoms with Crippen LogP contribution in [0.4, 0.5) is 0 Å². The maximum absolute atomic E-state index is 11.9. The van der Waals surface area contributed by atoms with E-state index >= 15 is 0 Å². The first kappa shape index (κ1) is 17.3. The number of ether oxygens (including phenoxy) is 2. The second-order valence-electron chi connectivity index (χ2n) is 5.07. The van der Waals surface area contributed by atoms with Gasteiger partial charge in [-0.15, -0.1) is 0 Å². The molecule has 0 aliphatic heterocycles. The van der Waals surface area contributed by atoms with Gasteiger partial charge in [-0.2, -0.15) is 10.4 Å². The summed E-state index contributed by atoms with van der Waals surface area (Å²) in [5, 5.41) is 13.2. The maximum atomic E-state index is 11.9. The van der Waals surface area contributed by atoms with Crippen LogP contribution in [0, 0.1) is 11.3 Å². The quantitative estimate of drug-likeness (QED) is 0.576. The molecule has 1 amide bonds. The van der Waals surface area contributed by atoms with Crippen molar-refractivity contribution in [1.29, 1.82) is 5.26 Å². The van der Waals surface area contributed by atoms with Gasteiger partial charge in [0.2, 0.25) is 0 Å². The van der Waals surface area contributed by atoms with Gasteiger partial charge >= 0.3 is 5.97 Å². The van der Waals surface area contributed by atoms with E-state index in [0.717, 1.165) is 12.8 Å². The highest BCUT2D eigenvalue weighted by Crippen LogP contribution is 2.24. The smallest absolute Gasteiger partial charge is 0.327 e. The topological polar surface area (TPSA) is 120 Å². The van der Waals surface area contributed by atoms with E-state index in [9.17, 15) is 9.59 Å². The van der Waals surface area contributed by atoms with Crippen LogP contribution in [0.2, 0.25) is 0 Å². The molecule has 2 aromatic rings. The zero-order chi connectivity index (χ0) is 17.5. The summed E-state index contributed by atoms with van der Waals surface area (Å²) in [6, 6.07) is 6.70. The van der Waals surface area contributed by atoms with Gasteiger partial charge in [0.15, 0.2) is 12.3 Å². The van der Waals surface area contributed by atoms with Crippen LogP contribution >= 0.6 is 0 Å². The SMILES string of the molecule is CCCCOC(=O)Cn1nc(C(N)=O)c2ccc(OCC#N)cc21. The first-order valence-corrected chi connectivity index (χ1v) is 7.52. The third-order valence-electron chi connectivity index (χ3n) is 3.30. The number of nitrogens with two attached hydrogens (primary N) is 1. The molecule has 1 heterocycles. The minimum Gasteiger partial charge on any atom is -0.479 e. The van der Waals surface area contributed by atoms with E-state index in [1.165, 1.54) is 4.68 Å². The van der Waals surface area contributed by atoms with Gasteiger partial charge in [0.25, 0.3) is 5.91 Å². The summed E-state index contributed by atoms with van der Waals surface area (Å²) in [5.74, 6) is -0.711. The Bertz CT molecular complexity index is 791. The number of hydrogen-bond acceptors (Lipinski definition) is 6. The molecule has 2 rings (SSSR count). The summed E-state index contributed by atoms with van der Waals surface area (Å²) in [6.07, 6.45) is 1.70. The minimum absolute atomic E-state index is 0.0678. The minimum atomic E-state index is -0.691. The highest BCUT2D eigenvalue weighted by atomic mass is 16.5. The fraction of sp³-hybridized carbons (Fsp3) is 0.375. The standard InChI is InChI=1S/C16H18N4O4/c1-2-3-7-24-14(21)10-20-13-9-11(23-8-6-17)4-5-12(13)15(19-20)16(18)22/h4-5,9H,2-3,7-8,10H2,1H3,(H2,18,22). The van der Waals surface area contributed by atoms with E-state index < -0.39 is 11.9 Å². The number of esters is 1. The summed E-state index contributed by atoms with van der Waals surface area (Å²) in [7, 11) is 0. The molecule has 0 unspecified atom stereocenters. The number of nitriles is 1. The molecule has 0 fully saturated rings. The Morgan fingerprint density at radius 3 is 2.88 bits per heavy atom. The lowest BCUT2D eigenvalue weighted by Crippen LogP contribution is -2.17. The number of hydrogen-bond donors (Lipinski definition) is 1. The molecule has 0 saturated heterocycles. The molecule has 0 saturated carbocycles. The summed E-state index contributed by atoms with van der Waals surface area (Å²) in [5.41, 5.74) is 5.91. The average molecular weight is 330 g/mol. The summed E-state index contributed by atoms with van der Waals surface area (Å²) in [6.45, 7) is 2.08. The Balaban J connectivity index is 2.31. The van der Waals surface area contributed by atoms with E-state index in [2.05, 4.69) is 5.10 Å². The maximum Gasteiger partial charge on any atom is 0.327 e. The van der Waals surface area contributed by atoms with E-state index in [-0.39, 0.29) is 18.8 Å². The number of benzene rings is 1. The number of carbonyl (C=O) groups excluding carboxylic acids is 2. The summed E-state index contributed by atoms with van der Waals surface area (Å²) >= 11 is 0. The lowest BCUT2D eigenvalue weighted by molar-refractivity contribution is -0.144. The van der Waals surface area contributed by atoms with Crippen LogP contribution in [0.3, 0.4) is 0 Å². The number of nitrogens with zero attached hydrogens (tertiary/aromatic N) is 3. The lowest BCUT2D eigenvalue weighted by Gasteiger charge is -2.06. The van der Waals surface area contributed by atoms with Crippen molar-refractivity contribution in [2.24, 2.45) is 5.73 Å². The molecule has 126 valence electrons. The average Bonchev–Trinajstić information content (AvgIpc) is 2.91. The van der Waals surface area contributed by atoms with Crippen LogP contribution in [0.1, 0.15) is 30.3 Å². The van der Waals surface area contributed by atoms with Crippen molar-refractivity contribution in [2.75, 3.05) is 13.2 Å². The fourth-order valence-electron chi connectivity index (χ4n) is 2.16. The second-order valence-corrected chi connectivity index (χ2v) is 5.07. The number of amides is 1. The largest absolute Gasteiger partial charge is 0.479 e. The van der Waals surface area contributed by atoms with E-state index in [4.69, 9.17) is 20.5 Å². The van der Waals surface area contributed by atoms with Crippen molar-refractivity contribution in [2.45, 2.75) is 26.3 Å². The van der Waals surface area contributed by atoms with E-state index in [0.29, 0.717) is 23.3 Å². The van der Waals surface area contributed by atoms with E-state index in [1.54, 1.807) is 18.2 Å². The van der Waals surface area contributed by atoms with Crippen molar-refractivity contribution in [3.8, 4) is 11.8 Å². The van der Waals surface area contributed by atoms with Gasteiger partial charge in [-0.25, -0.2) is 0 Å². The number of rotatable bonds is 8. The lowest BCUT2D eigenvalue weighted by atomic mass is 10.2.